The molecule has 2 amide bonds. The van der Waals surface area contributed by atoms with Gasteiger partial charge in [0.1, 0.15) is 0 Å². The molecule has 0 saturated heterocycles. The number of hydrogen-bond donors (Lipinski definition) is 3. The van der Waals surface area contributed by atoms with Crippen molar-refractivity contribution in [3.63, 3.8) is 0 Å². The molecule has 1 aromatic rings. The number of rotatable bonds is 6. The van der Waals surface area contributed by atoms with Crippen LogP contribution in [0.25, 0.3) is 0 Å². The first kappa shape index (κ1) is 16.3. The molecule has 1 aromatic carbocycles. The molecule has 0 fully saturated rings. The van der Waals surface area contributed by atoms with Crippen molar-refractivity contribution in [3.8, 4) is 0 Å². The number of carbonyl (C=O) groups is 2. The van der Waals surface area contributed by atoms with Crippen molar-refractivity contribution >= 4 is 29.3 Å². The van der Waals surface area contributed by atoms with Gasteiger partial charge in [0.05, 0.1) is 11.3 Å². The van der Waals surface area contributed by atoms with E-state index in [2.05, 4.69) is 10.6 Å². The van der Waals surface area contributed by atoms with Crippen molar-refractivity contribution in [1.29, 1.82) is 0 Å². The largest absolute Gasteiger partial charge is 0.478 e. The number of carboxylic acids is 1. The number of urea groups is 1. The molecule has 6 nitrogen and oxygen atoms in total. The third-order valence-corrected chi connectivity index (χ3v) is 2.76. The summed E-state index contributed by atoms with van der Waals surface area (Å²) in [5.74, 6) is -1.14. The van der Waals surface area contributed by atoms with Gasteiger partial charge in [0.25, 0.3) is 0 Å². The van der Waals surface area contributed by atoms with Crippen LogP contribution in [0.4, 0.5) is 10.5 Å². The molecule has 0 aliphatic heterocycles. The molecule has 0 heterocycles. The van der Waals surface area contributed by atoms with E-state index in [9.17, 15) is 9.59 Å². The molecule has 0 bridgehead atoms. The van der Waals surface area contributed by atoms with Crippen molar-refractivity contribution in [1.82, 2.24) is 10.2 Å². The van der Waals surface area contributed by atoms with Gasteiger partial charge in [-0.2, -0.15) is 0 Å². The Balaban J connectivity index is 2.55. The van der Waals surface area contributed by atoms with Gasteiger partial charge in [0.15, 0.2) is 0 Å². The summed E-state index contributed by atoms with van der Waals surface area (Å²) in [5.41, 5.74) is 0.174. The second kappa shape index (κ2) is 7.72. The van der Waals surface area contributed by atoms with Gasteiger partial charge in [0.2, 0.25) is 0 Å². The Labute approximate surface area is 122 Å². The lowest BCUT2D eigenvalue weighted by molar-refractivity contribution is 0.0698. The summed E-state index contributed by atoms with van der Waals surface area (Å²) in [5, 5.41) is 14.5. The molecule has 0 saturated carbocycles. The predicted octanol–water partition coefficient (Wildman–Crippen LogP) is 2.11. The topological polar surface area (TPSA) is 81.7 Å². The highest BCUT2D eigenvalue weighted by Crippen LogP contribution is 2.20. The highest BCUT2D eigenvalue weighted by molar-refractivity contribution is 6.31. The number of benzene rings is 1. The molecule has 0 aliphatic carbocycles. The summed E-state index contributed by atoms with van der Waals surface area (Å²) in [6.45, 7) is 1.38. The first-order valence-electron chi connectivity index (χ1n) is 6.12. The molecule has 110 valence electrons. The number of nitrogens with one attached hydrogen (secondary N) is 2. The van der Waals surface area contributed by atoms with Crippen molar-refractivity contribution < 1.29 is 14.7 Å². The lowest BCUT2D eigenvalue weighted by atomic mass is 10.2. The van der Waals surface area contributed by atoms with Crippen LogP contribution in [0.1, 0.15) is 16.8 Å². The normalized spacial score (nSPS) is 10.4. The molecule has 0 radical (unpaired) electrons. The summed E-state index contributed by atoms with van der Waals surface area (Å²) < 4.78 is 0. The number of carbonyl (C=O) groups excluding carboxylic acids is 1. The zero-order chi connectivity index (χ0) is 15.1. The van der Waals surface area contributed by atoms with Gasteiger partial charge >= 0.3 is 12.0 Å². The maximum absolute atomic E-state index is 11.7. The molecule has 3 N–H and O–H groups in total. The van der Waals surface area contributed by atoms with Gasteiger partial charge in [0, 0.05) is 11.6 Å². The van der Waals surface area contributed by atoms with Crippen molar-refractivity contribution in [2.24, 2.45) is 0 Å². The number of aromatic carboxylic acids is 1. The molecule has 0 aliphatic rings. The van der Waals surface area contributed by atoms with E-state index in [0.717, 1.165) is 13.0 Å². The van der Waals surface area contributed by atoms with Gasteiger partial charge in [-0.25, -0.2) is 9.59 Å². The van der Waals surface area contributed by atoms with E-state index in [1.807, 2.05) is 19.0 Å². The first-order valence-corrected chi connectivity index (χ1v) is 6.50. The Morgan fingerprint density at radius 3 is 2.65 bits per heavy atom. The predicted molar refractivity (Wildman–Crippen MR) is 78.6 cm³/mol. The van der Waals surface area contributed by atoms with Crippen molar-refractivity contribution in [2.75, 3.05) is 32.5 Å². The number of halogens is 1. The van der Waals surface area contributed by atoms with E-state index in [4.69, 9.17) is 16.7 Å². The Morgan fingerprint density at radius 2 is 2.05 bits per heavy atom. The number of carboxylic acid groups (broad SMARTS) is 1. The summed E-state index contributed by atoms with van der Waals surface area (Å²) in [7, 11) is 3.90. The SMILES string of the molecule is CN(C)CCCNC(=O)Nc1ccc(Cl)cc1C(=O)O. The van der Waals surface area contributed by atoms with E-state index in [1.165, 1.54) is 18.2 Å². The molecule has 1 rings (SSSR count). The highest BCUT2D eigenvalue weighted by atomic mass is 35.5. The quantitative estimate of drug-likeness (QED) is 0.703. The Hall–Kier alpha value is -1.79. The van der Waals surface area contributed by atoms with Gasteiger partial charge in [-0.05, 0) is 45.3 Å². The second-order valence-corrected chi connectivity index (χ2v) is 4.97. The molecule has 7 heteroatoms. The molecular weight excluding hydrogens is 282 g/mol. The smallest absolute Gasteiger partial charge is 0.337 e. The molecule has 0 unspecified atom stereocenters. The van der Waals surface area contributed by atoms with Crippen LogP contribution in [-0.4, -0.2) is 49.2 Å². The number of hydrogen-bond acceptors (Lipinski definition) is 3. The number of amides is 2. The minimum absolute atomic E-state index is 0.0408. The third kappa shape index (κ3) is 5.46. The maximum Gasteiger partial charge on any atom is 0.337 e. The molecule has 0 spiro atoms. The molecule has 20 heavy (non-hydrogen) atoms. The average Bonchev–Trinajstić information content (AvgIpc) is 2.36. The third-order valence-electron chi connectivity index (χ3n) is 2.53. The zero-order valence-corrected chi connectivity index (χ0v) is 12.2. The fraction of sp³-hybridized carbons (Fsp3) is 0.385. The molecular formula is C13H18ClN3O3. The van der Waals surface area contributed by atoms with Crippen LogP contribution in [0, 0.1) is 0 Å². The van der Waals surface area contributed by atoms with Crippen LogP contribution in [0.15, 0.2) is 18.2 Å². The van der Waals surface area contributed by atoms with Gasteiger partial charge < -0.3 is 20.6 Å². The molecule has 0 atom stereocenters. The van der Waals surface area contributed by atoms with Crippen LogP contribution in [0.5, 0.6) is 0 Å². The van der Waals surface area contributed by atoms with Crippen LogP contribution in [0.2, 0.25) is 5.02 Å². The maximum atomic E-state index is 11.7. The average molecular weight is 300 g/mol. The van der Waals surface area contributed by atoms with Crippen LogP contribution < -0.4 is 10.6 Å². The van der Waals surface area contributed by atoms with Crippen molar-refractivity contribution in [3.05, 3.63) is 28.8 Å². The summed E-state index contributed by atoms with van der Waals surface area (Å²) in [6, 6.07) is 3.85. The fourth-order valence-electron chi connectivity index (χ4n) is 1.57. The Morgan fingerprint density at radius 1 is 1.35 bits per heavy atom. The van der Waals surface area contributed by atoms with Gasteiger partial charge in [-0.15, -0.1) is 0 Å². The van der Waals surface area contributed by atoms with Crippen LogP contribution in [0.3, 0.4) is 0 Å². The zero-order valence-electron chi connectivity index (χ0n) is 11.4. The summed E-state index contributed by atoms with van der Waals surface area (Å²) >= 11 is 5.73. The van der Waals surface area contributed by atoms with E-state index < -0.39 is 12.0 Å². The highest BCUT2D eigenvalue weighted by Gasteiger charge is 2.12. The lowest BCUT2D eigenvalue weighted by Crippen LogP contribution is -2.31. The van der Waals surface area contributed by atoms with Crippen LogP contribution >= 0.6 is 11.6 Å². The van der Waals surface area contributed by atoms with E-state index in [0.29, 0.717) is 11.6 Å². The van der Waals surface area contributed by atoms with Gasteiger partial charge in [-0.3, -0.25) is 0 Å². The Kier molecular flexibility index (Phi) is 6.27. The minimum Gasteiger partial charge on any atom is -0.478 e. The standard InChI is InChI=1S/C13H18ClN3O3/c1-17(2)7-3-6-15-13(20)16-11-5-4-9(14)8-10(11)12(18)19/h4-5,8H,3,6-7H2,1-2H3,(H,18,19)(H2,15,16,20). The van der Waals surface area contributed by atoms with E-state index >= 15 is 0 Å². The monoisotopic (exact) mass is 299 g/mol. The Bertz CT molecular complexity index is 492. The number of nitrogens with zero attached hydrogens (tertiary/aromatic N) is 1. The van der Waals surface area contributed by atoms with Gasteiger partial charge in [-0.1, -0.05) is 11.6 Å². The lowest BCUT2D eigenvalue weighted by Gasteiger charge is -2.12. The van der Waals surface area contributed by atoms with Crippen molar-refractivity contribution in [2.45, 2.75) is 6.42 Å². The van der Waals surface area contributed by atoms with E-state index in [-0.39, 0.29) is 11.3 Å². The van der Waals surface area contributed by atoms with Crippen LogP contribution in [-0.2, 0) is 0 Å². The van der Waals surface area contributed by atoms with E-state index in [1.54, 1.807) is 0 Å². The summed E-state index contributed by atoms with van der Waals surface area (Å²) in [6.07, 6.45) is 0.812. The fourth-order valence-corrected chi connectivity index (χ4v) is 1.74. The summed E-state index contributed by atoms with van der Waals surface area (Å²) in [4.78, 5) is 24.7. The molecule has 0 aromatic heterocycles. The number of anilines is 1. The second-order valence-electron chi connectivity index (χ2n) is 4.53. The first-order chi connectivity index (χ1) is 9.40. The minimum atomic E-state index is -1.14.